The number of carbonyl (C=O) groups excluding carboxylic acids is 2. The van der Waals surface area contributed by atoms with E-state index in [4.69, 9.17) is 9.84 Å². The summed E-state index contributed by atoms with van der Waals surface area (Å²) in [5.41, 5.74) is 3.50. The Morgan fingerprint density at radius 1 is 1.03 bits per heavy atom. The molecule has 0 radical (unpaired) electrons. The monoisotopic (exact) mass is 486 g/mol. The van der Waals surface area contributed by atoms with Crippen LogP contribution in [0, 0.1) is 17.3 Å². The van der Waals surface area contributed by atoms with Crippen molar-refractivity contribution in [3.8, 4) is 11.1 Å². The maximum Gasteiger partial charge on any atom is 0.407 e. The van der Waals surface area contributed by atoms with E-state index in [1.54, 1.807) is 20.8 Å². The van der Waals surface area contributed by atoms with Crippen molar-refractivity contribution in [3.63, 3.8) is 0 Å². The third kappa shape index (κ3) is 4.72. The van der Waals surface area contributed by atoms with Crippen molar-refractivity contribution in [2.75, 3.05) is 13.2 Å². The fourth-order valence-corrected chi connectivity index (χ4v) is 4.73. The van der Waals surface area contributed by atoms with E-state index in [0.29, 0.717) is 0 Å². The van der Waals surface area contributed by atoms with Gasteiger partial charge >= 0.3 is 12.1 Å². The second kappa shape index (κ2) is 8.94. The van der Waals surface area contributed by atoms with Crippen LogP contribution in [0.5, 0.6) is 0 Å². The summed E-state index contributed by atoms with van der Waals surface area (Å²) in [7, 11) is 0. The van der Waals surface area contributed by atoms with E-state index in [1.807, 2.05) is 48.5 Å². The van der Waals surface area contributed by atoms with Gasteiger partial charge in [-0.2, -0.15) is 0 Å². The molecule has 0 heterocycles. The number of carbonyl (C=O) groups is 3. The number of alkyl halides is 2. The molecule has 0 aliphatic heterocycles. The number of carboxylic acids is 1. The van der Waals surface area contributed by atoms with Crippen molar-refractivity contribution in [1.82, 2.24) is 10.6 Å². The van der Waals surface area contributed by atoms with Gasteiger partial charge in [-0.1, -0.05) is 69.3 Å². The smallest absolute Gasteiger partial charge is 0.407 e. The Morgan fingerprint density at radius 3 is 2.06 bits per heavy atom. The first-order valence-corrected chi connectivity index (χ1v) is 11.4. The first-order valence-electron chi connectivity index (χ1n) is 11.4. The van der Waals surface area contributed by atoms with Gasteiger partial charge in [-0.05, 0) is 27.7 Å². The van der Waals surface area contributed by atoms with E-state index < -0.39 is 53.7 Å². The van der Waals surface area contributed by atoms with E-state index >= 15 is 0 Å². The summed E-state index contributed by atoms with van der Waals surface area (Å²) in [6, 6.07) is 14.7. The number of hydrogen-bond acceptors (Lipinski definition) is 4. The lowest BCUT2D eigenvalue weighted by Gasteiger charge is -2.30. The lowest BCUT2D eigenvalue weighted by Crippen LogP contribution is -2.54. The van der Waals surface area contributed by atoms with Gasteiger partial charge in [0.1, 0.15) is 18.6 Å². The second-order valence-electron chi connectivity index (χ2n) is 10.1. The highest BCUT2D eigenvalue weighted by atomic mass is 19.3. The summed E-state index contributed by atoms with van der Waals surface area (Å²) in [6.45, 7) is 4.71. The Hall–Kier alpha value is -3.49. The molecule has 3 atom stereocenters. The van der Waals surface area contributed by atoms with Crippen LogP contribution in [0.2, 0.25) is 0 Å². The number of halogens is 2. The number of carboxylic acid groups (broad SMARTS) is 1. The van der Waals surface area contributed by atoms with Gasteiger partial charge in [-0.25, -0.2) is 13.6 Å². The summed E-state index contributed by atoms with van der Waals surface area (Å²) >= 11 is 0. The van der Waals surface area contributed by atoms with Crippen molar-refractivity contribution in [1.29, 1.82) is 0 Å². The maximum atomic E-state index is 13.6. The number of benzene rings is 2. The Labute approximate surface area is 201 Å². The van der Waals surface area contributed by atoms with Gasteiger partial charge in [0.25, 0.3) is 5.92 Å². The van der Waals surface area contributed by atoms with Gasteiger partial charge in [0.05, 0.1) is 5.92 Å². The van der Waals surface area contributed by atoms with Crippen molar-refractivity contribution in [2.24, 2.45) is 17.3 Å². The highest BCUT2D eigenvalue weighted by Crippen LogP contribution is 2.55. The molecule has 9 heteroatoms. The molecule has 1 saturated carbocycles. The average molecular weight is 487 g/mol. The van der Waals surface area contributed by atoms with Crippen molar-refractivity contribution in [2.45, 2.75) is 38.7 Å². The topological polar surface area (TPSA) is 105 Å². The predicted octanol–water partition coefficient (Wildman–Crippen LogP) is 4.02. The lowest BCUT2D eigenvalue weighted by molar-refractivity contribution is -0.141. The molecule has 2 aliphatic rings. The summed E-state index contributed by atoms with van der Waals surface area (Å²) in [6.07, 6.45) is -0.804. The molecule has 0 bridgehead atoms. The standard InChI is InChI=1S/C26H28F2N2O5/c1-25(2,3)21(22(31)29-12-19-20(23(32)33)26(19,27)28)30-24(34)35-13-18-16-10-6-4-8-14(16)15-9-5-7-11-17(15)18/h4-11,18-21H,12-13H2,1-3H3,(H,29,31)(H,30,34)(H,32,33)/t19-,20-,21-/m1/s1. The van der Waals surface area contributed by atoms with Crippen molar-refractivity contribution in [3.05, 3.63) is 59.7 Å². The average Bonchev–Trinajstić information content (AvgIpc) is 3.21. The minimum absolute atomic E-state index is 0.0624. The molecule has 1 fully saturated rings. The fraction of sp³-hybridized carbons (Fsp3) is 0.423. The first-order chi connectivity index (χ1) is 16.4. The summed E-state index contributed by atoms with van der Waals surface area (Å²) in [5.74, 6) is -9.09. The largest absolute Gasteiger partial charge is 0.481 e. The minimum Gasteiger partial charge on any atom is -0.481 e. The third-order valence-electron chi connectivity index (χ3n) is 6.70. The summed E-state index contributed by atoms with van der Waals surface area (Å²) < 4.78 is 32.8. The number of ether oxygens (including phenoxy) is 1. The number of hydrogen-bond donors (Lipinski definition) is 3. The Balaban J connectivity index is 1.38. The highest BCUT2D eigenvalue weighted by molar-refractivity contribution is 5.87. The zero-order chi connectivity index (χ0) is 25.5. The predicted molar refractivity (Wildman–Crippen MR) is 124 cm³/mol. The van der Waals surface area contributed by atoms with Crippen molar-refractivity contribution >= 4 is 18.0 Å². The van der Waals surface area contributed by atoms with E-state index in [9.17, 15) is 23.2 Å². The molecule has 0 spiro atoms. The SMILES string of the molecule is CC(C)(C)[C@H](NC(=O)OCC1c2ccccc2-c2ccccc21)C(=O)NC[C@@H]1[C@H](C(=O)O)C1(F)F. The summed E-state index contributed by atoms with van der Waals surface area (Å²) in [4.78, 5) is 36.4. The van der Waals surface area contributed by atoms with Crippen LogP contribution in [0.3, 0.4) is 0 Å². The number of alkyl carbamates (subject to hydrolysis) is 1. The number of nitrogens with one attached hydrogen (secondary N) is 2. The van der Waals surface area contributed by atoms with Gasteiger partial charge < -0.3 is 20.5 Å². The molecular weight excluding hydrogens is 458 g/mol. The Morgan fingerprint density at radius 2 is 1.57 bits per heavy atom. The molecule has 2 aromatic rings. The molecule has 0 aromatic heterocycles. The Kier molecular flexibility index (Phi) is 6.29. The molecule has 3 N–H and O–H groups in total. The van der Waals surface area contributed by atoms with Crippen LogP contribution in [0.15, 0.2) is 48.5 Å². The van der Waals surface area contributed by atoms with Crippen LogP contribution in [0.4, 0.5) is 13.6 Å². The normalized spacial score (nSPS) is 20.8. The van der Waals surface area contributed by atoms with E-state index in [-0.39, 0.29) is 12.5 Å². The number of aliphatic carboxylic acids is 1. The van der Waals surface area contributed by atoms with Gasteiger partial charge in [0.2, 0.25) is 5.91 Å². The quantitative estimate of drug-likeness (QED) is 0.548. The zero-order valence-corrected chi connectivity index (χ0v) is 19.7. The molecule has 2 aliphatic carbocycles. The van der Waals surface area contributed by atoms with E-state index in [2.05, 4.69) is 10.6 Å². The van der Waals surface area contributed by atoms with Crippen LogP contribution in [-0.2, 0) is 14.3 Å². The fourth-order valence-electron chi connectivity index (χ4n) is 4.73. The second-order valence-corrected chi connectivity index (χ2v) is 10.1. The summed E-state index contributed by atoms with van der Waals surface area (Å²) in [5, 5.41) is 13.8. The maximum absolute atomic E-state index is 13.6. The molecule has 4 rings (SSSR count). The number of amides is 2. The minimum atomic E-state index is -3.36. The molecular formula is C26H28F2N2O5. The molecule has 186 valence electrons. The first kappa shape index (κ1) is 24.6. The molecule has 7 nitrogen and oxygen atoms in total. The molecule has 35 heavy (non-hydrogen) atoms. The van der Waals surface area contributed by atoms with Crippen LogP contribution in [-0.4, -0.2) is 48.2 Å². The molecule has 2 aromatic carbocycles. The lowest BCUT2D eigenvalue weighted by atomic mass is 9.86. The number of fused-ring (bicyclic) bond motifs is 3. The van der Waals surface area contributed by atoms with E-state index in [0.717, 1.165) is 22.3 Å². The van der Waals surface area contributed by atoms with Crippen molar-refractivity contribution < 1.29 is 33.0 Å². The van der Waals surface area contributed by atoms with Crippen LogP contribution in [0.1, 0.15) is 37.8 Å². The molecule has 0 saturated heterocycles. The third-order valence-corrected chi connectivity index (χ3v) is 6.70. The van der Waals surface area contributed by atoms with Crippen LogP contribution in [0.25, 0.3) is 11.1 Å². The van der Waals surface area contributed by atoms with Gasteiger partial charge in [0, 0.05) is 12.5 Å². The van der Waals surface area contributed by atoms with Gasteiger partial charge in [-0.3, -0.25) is 9.59 Å². The molecule has 2 amide bonds. The highest BCUT2D eigenvalue weighted by Gasteiger charge is 2.72. The van der Waals surface area contributed by atoms with Crippen LogP contribution >= 0.6 is 0 Å². The van der Waals surface area contributed by atoms with Crippen LogP contribution < -0.4 is 10.6 Å². The molecule has 0 unspecified atom stereocenters. The Bertz CT molecular complexity index is 1110. The number of rotatable bonds is 7. The zero-order valence-electron chi connectivity index (χ0n) is 19.7. The van der Waals surface area contributed by atoms with Gasteiger partial charge in [-0.15, -0.1) is 0 Å². The van der Waals surface area contributed by atoms with Gasteiger partial charge in [0.15, 0.2) is 0 Å². The van der Waals surface area contributed by atoms with E-state index in [1.165, 1.54) is 0 Å².